The van der Waals surface area contributed by atoms with Gasteiger partial charge in [0.1, 0.15) is 15.1 Å². The minimum atomic E-state index is -0.139. The predicted molar refractivity (Wildman–Crippen MR) is 97.7 cm³/mol. The van der Waals surface area contributed by atoms with Crippen molar-refractivity contribution in [1.29, 1.82) is 0 Å². The molecule has 25 heavy (non-hydrogen) atoms. The molecule has 1 unspecified atom stereocenters. The Morgan fingerprint density at radius 2 is 2.04 bits per heavy atom. The van der Waals surface area contributed by atoms with Crippen LogP contribution in [0, 0.1) is 5.92 Å². The first kappa shape index (κ1) is 17.3. The van der Waals surface area contributed by atoms with Crippen LogP contribution in [0.15, 0.2) is 4.52 Å². The fourth-order valence-corrected chi connectivity index (χ4v) is 4.80. The highest BCUT2D eigenvalue weighted by Crippen LogP contribution is 2.37. The third-order valence-electron chi connectivity index (χ3n) is 5.28. The molecular weight excluding hydrogens is 381 g/mol. The number of likely N-dealkylation sites (tertiary alicyclic amines) is 1. The summed E-state index contributed by atoms with van der Waals surface area (Å²) in [5, 5.41) is 4.55. The topological polar surface area (TPSA) is 59.2 Å². The highest BCUT2D eigenvalue weighted by molar-refractivity contribution is 7.11. The molecule has 0 N–H and O–H groups in total. The summed E-state index contributed by atoms with van der Waals surface area (Å²) in [5.41, 5.74) is 2.72. The second-order valence-electron chi connectivity index (χ2n) is 7.01. The Kier molecular flexibility index (Phi) is 4.77. The lowest BCUT2D eigenvalue weighted by molar-refractivity contribution is 0.0701. The van der Waals surface area contributed by atoms with E-state index < -0.39 is 0 Å². The van der Waals surface area contributed by atoms with Crippen molar-refractivity contribution in [1.82, 2.24) is 14.4 Å². The molecule has 1 aliphatic heterocycles. The van der Waals surface area contributed by atoms with Crippen molar-refractivity contribution in [2.45, 2.75) is 44.9 Å². The highest BCUT2D eigenvalue weighted by atomic mass is 35.5. The number of aryl methyl sites for hydroxylation is 1. The summed E-state index contributed by atoms with van der Waals surface area (Å²) in [7, 11) is 0. The van der Waals surface area contributed by atoms with Crippen molar-refractivity contribution in [3.8, 4) is 0 Å². The van der Waals surface area contributed by atoms with Gasteiger partial charge in [-0.2, -0.15) is 4.37 Å². The van der Waals surface area contributed by atoms with E-state index in [4.69, 9.17) is 27.7 Å². The smallest absolute Gasteiger partial charge is 0.275 e. The van der Waals surface area contributed by atoms with Gasteiger partial charge in [0.05, 0.1) is 5.69 Å². The van der Waals surface area contributed by atoms with Crippen molar-refractivity contribution in [3.05, 3.63) is 32.1 Å². The van der Waals surface area contributed by atoms with Gasteiger partial charge in [-0.25, -0.2) is 0 Å². The van der Waals surface area contributed by atoms with Gasteiger partial charge in [0.25, 0.3) is 5.91 Å². The molecule has 134 valence electrons. The van der Waals surface area contributed by atoms with Crippen LogP contribution in [0.1, 0.15) is 59.6 Å². The zero-order chi connectivity index (χ0) is 17.6. The van der Waals surface area contributed by atoms with Gasteiger partial charge in [0, 0.05) is 24.6 Å². The number of carbonyl (C=O) groups excluding carboxylic acids is 1. The summed E-state index contributed by atoms with van der Waals surface area (Å²) in [5.74, 6) is 1.92. The number of carbonyl (C=O) groups is 1. The lowest BCUT2D eigenvalue weighted by Gasteiger charge is -2.31. The molecule has 2 aromatic heterocycles. The molecule has 0 bridgehead atoms. The third kappa shape index (κ3) is 3.20. The van der Waals surface area contributed by atoms with E-state index in [1.807, 2.05) is 0 Å². The van der Waals surface area contributed by atoms with E-state index in [2.05, 4.69) is 16.5 Å². The zero-order valence-corrected chi connectivity index (χ0v) is 16.3. The Morgan fingerprint density at radius 1 is 1.28 bits per heavy atom. The molecule has 1 aliphatic carbocycles. The number of hydrogen-bond donors (Lipinski definition) is 0. The second kappa shape index (κ2) is 6.89. The molecule has 0 saturated carbocycles. The number of piperidine rings is 1. The van der Waals surface area contributed by atoms with Crippen molar-refractivity contribution in [2.75, 3.05) is 13.1 Å². The number of rotatable bonds is 2. The molecule has 2 aromatic rings. The van der Waals surface area contributed by atoms with Crippen molar-refractivity contribution < 1.29 is 9.32 Å². The molecule has 3 heterocycles. The van der Waals surface area contributed by atoms with Crippen LogP contribution in [-0.2, 0) is 12.8 Å². The minimum absolute atomic E-state index is 0.139. The number of fused-ring (bicyclic) bond motifs is 1. The van der Waals surface area contributed by atoms with E-state index in [9.17, 15) is 4.79 Å². The first-order chi connectivity index (χ1) is 12.0. The van der Waals surface area contributed by atoms with Crippen LogP contribution < -0.4 is 0 Å². The van der Waals surface area contributed by atoms with Gasteiger partial charge >= 0.3 is 0 Å². The number of amides is 1. The average molecular weight is 400 g/mol. The minimum Gasteiger partial charge on any atom is -0.361 e. The summed E-state index contributed by atoms with van der Waals surface area (Å²) in [6, 6.07) is 0. The number of aromatic nitrogens is 2. The Morgan fingerprint density at radius 3 is 2.72 bits per heavy atom. The average Bonchev–Trinajstić information content (AvgIpc) is 3.18. The molecule has 8 heteroatoms. The third-order valence-corrected chi connectivity index (χ3v) is 6.89. The normalized spacial score (nSPS) is 21.4. The van der Waals surface area contributed by atoms with Crippen LogP contribution in [0.3, 0.4) is 0 Å². The predicted octanol–water partition coefficient (Wildman–Crippen LogP) is 4.58. The standard InChI is InChI=1S/C17H19Cl2N3O2S/c1-9-2-3-12-11(8-9)15(24-20-12)10-4-6-22(7-5-10)17(23)14-13(18)16(19)25-21-14/h9-10H,2-8H2,1H3. The second-order valence-corrected chi connectivity index (χ2v) is 8.76. The molecule has 4 rings (SSSR count). The molecule has 1 fully saturated rings. The molecule has 0 aromatic carbocycles. The monoisotopic (exact) mass is 399 g/mol. The Hall–Kier alpha value is -1.11. The first-order valence-corrected chi connectivity index (χ1v) is 10.1. The van der Waals surface area contributed by atoms with E-state index in [1.165, 1.54) is 12.0 Å². The van der Waals surface area contributed by atoms with E-state index in [0.29, 0.717) is 29.3 Å². The molecular formula is C17H19Cl2N3O2S. The van der Waals surface area contributed by atoms with Crippen molar-refractivity contribution in [3.63, 3.8) is 0 Å². The molecule has 1 saturated heterocycles. The summed E-state index contributed by atoms with van der Waals surface area (Å²) < 4.78 is 10.2. The number of nitrogens with zero attached hydrogens (tertiary/aromatic N) is 3. The maximum Gasteiger partial charge on any atom is 0.275 e. The van der Waals surface area contributed by atoms with Gasteiger partial charge < -0.3 is 9.42 Å². The van der Waals surface area contributed by atoms with Gasteiger partial charge in [-0.05, 0) is 49.6 Å². The summed E-state index contributed by atoms with van der Waals surface area (Å²) in [6.07, 6.45) is 5.00. The Labute approximate surface area is 160 Å². The first-order valence-electron chi connectivity index (χ1n) is 8.61. The van der Waals surface area contributed by atoms with Gasteiger partial charge in [0.15, 0.2) is 5.69 Å². The molecule has 0 radical (unpaired) electrons. The van der Waals surface area contributed by atoms with Gasteiger partial charge in [-0.15, -0.1) is 0 Å². The maximum absolute atomic E-state index is 12.6. The fourth-order valence-electron chi connectivity index (χ4n) is 3.81. The fraction of sp³-hybridized carbons (Fsp3) is 0.588. The van der Waals surface area contributed by atoms with Crippen LogP contribution in [0.2, 0.25) is 9.36 Å². The van der Waals surface area contributed by atoms with Gasteiger partial charge in [0.2, 0.25) is 0 Å². The van der Waals surface area contributed by atoms with E-state index in [1.54, 1.807) is 4.90 Å². The molecule has 2 aliphatic rings. The SMILES string of the molecule is CC1CCc2noc(C3CCN(C(=O)c4nsc(Cl)c4Cl)CC3)c2C1. The summed E-state index contributed by atoms with van der Waals surface area (Å²) >= 11 is 13.0. The number of halogens is 2. The number of hydrogen-bond acceptors (Lipinski definition) is 5. The largest absolute Gasteiger partial charge is 0.361 e. The molecule has 0 spiro atoms. The van der Waals surface area contributed by atoms with Crippen molar-refractivity contribution >= 4 is 40.6 Å². The van der Waals surface area contributed by atoms with Crippen LogP contribution in [-0.4, -0.2) is 33.4 Å². The van der Waals surface area contributed by atoms with E-state index in [0.717, 1.165) is 48.7 Å². The molecule has 1 amide bonds. The van der Waals surface area contributed by atoms with Gasteiger partial charge in [-0.3, -0.25) is 4.79 Å². The quantitative estimate of drug-likeness (QED) is 0.740. The van der Waals surface area contributed by atoms with Crippen LogP contribution in [0.25, 0.3) is 0 Å². The van der Waals surface area contributed by atoms with Crippen molar-refractivity contribution in [2.24, 2.45) is 5.92 Å². The zero-order valence-electron chi connectivity index (χ0n) is 13.9. The summed E-state index contributed by atoms with van der Waals surface area (Å²) in [6.45, 7) is 3.61. The van der Waals surface area contributed by atoms with E-state index in [-0.39, 0.29) is 16.6 Å². The Bertz CT molecular complexity index is 796. The summed E-state index contributed by atoms with van der Waals surface area (Å²) in [4.78, 5) is 14.4. The van der Waals surface area contributed by atoms with Crippen LogP contribution >= 0.6 is 34.7 Å². The van der Waals surface area contributed by atoms with Crippen LogP contribution in [0.5, 0.6) is 0 Å². The maximum atomic E-state index is 12.6. The van der Waals surface area contributed by atoms with Crippen LogP contribution in [0.4, 0.5) is 0 Å². The lowest BCUT2D eigenvalue weighted by Crippen LogP contribution is -2.38. The Balaban J connectivity index is 1.45. The van der Waals surface area contributed by atoms with Gasteiger partial charge in [-0.1, -0.05) is 35.3 Å². The van der Waals surface area contributed by atoms with E-state index >= 15 is 0 Å². The highest BCUT2D eigenvalue weighted by Gasteiger charge is 2.33. The molecule has 1 atom stereocenters. The lowest BCUT2D eigenvalue weighted by atomic mass is 9.83. The molecule has 5 nitrogen and oxygen atoms in total.